The molecule has 0 bridgehead atoms. The number of rotatable bonds is 4. The van der Waals surface area contributed by atoms with E-state index < -0.39 is 0 Å². The van der Waals surface area contributed by atoms with E-state index in [1.807, 2.05) is 0 Å². The largest absolute Gasteiger partial charge is 0.313 e. The Labute approximate surface area is 142 Å². The predicted molar refractivity (Wildman–Crippen MR) is 95.6 cm³/mol. The minimum Gasteiger partial charge on any atom is -0.313 e. The lowest BCUT2D eigenvalue weighted by Gasteiger charge is -2.40. The van der Waals surface area contributed by atoms with Crippen LogP contribution in [0.1, 0.15) is 70.6 Å². The van der Waals surface area contributed by atoms with Crippen LogP contribution in [-0.2, 0) is 0 Å². The summed E-state index contributed by atoms with van der Waals surface area (Å²) in [6.07, 6.45) is 15.5. The zero-order valence-electron chi connectivity index (χ0n) is 14.7. The van der Waals surface area contributed by atoms with Gasteiger partial charge in [0.25, 0.3) is 0 Å². The van der Waals surface area contributed by atoms with Crippen molar-refractivity contribution in [1.29, 1.82) is 0 Å². The summed E-state index contributed by atoms with van der Waals surface area (Å²) in [5.41, 5.74) is 0. The second kappa shape index (κ2) is 7.81. The molecule has 3 N–H and O–H groups in total. The van der Waals surface area contributed by atoms with Crippen molar-refractivity contribution in [2.75, 3.05) is 19.8 Å². The number of nitrogens with one attached hydrogen (secondary N) is 3. The molecule has 0 aromatic carbocycles. The average Bonchev–Trinajstić information content (AvgIpc) is 3.05. The van der Waals surface area contributed by atoms with Crippen LogP contribution in [0.5, 0.6) is 0 Å². The van der Waals surface area contributed by atoms with E-state index in [0.717, 1.165) is 36.9 Å². The van der Waals surface area contributed by atoms with Gasteiger partial charge in [0.2, 0.25) is 0 Å². The van der Waals surface area contributed by atoms with Gasteiger partial charge in [-0.1, -0.05) is 25.7 Å². The Bertz CT molecular complexity index is 362. The standard InChI is InChI=1S/C19H36N4/c1-2-7-17(8-3-1)23-14-22-18-12-15(9-10-19(18)23)21-13-16-6-4-5-11-20-16/h15-22H,1-14H2. The Morgan fingerprint density at radius 3 is 2.57 bits per heavy atom. The van der Waals surface area contributed by atoms with E-state index in [0.29, 0.717) is 0 Å². The van der Waals surface area contributed by atoms with Crippen LogP contribution >= 0.6 is 0 Å². The molecular formula is C19H36N4. The van der Waals surface area contributed by atoms with E-state index >= 15 is 0 Å². The number of nitrogens with zero attached hydrogens (tertiary/aromatic N) is 1. The second-order valence-electron chi connectivity index (χ2n) is 8.41. The van der Waals surface area contributed by atoms with Crippen LogP contribution in [0.3, 0.4) is 0 Å². The van der Waals surface area contributed by atoms with Gasteiger partial charge in [-0.25, -0.2) is 0 Å². The Hall–Kier alpha value is -0.160. The molecule has 4 atom stereocenters. The highest BCUT2D eigenvalue weighted by Gasteiger charge is 2.41. The van der Waals surface area contributed by atoms with Crippen LogP contribution in [-0.4, -0.2) is 54.9 Å². The summed E-state index contributed by atoms with van der Waals surface area (Å²) < 4.78 is 0. The molecular weight excluding hydrogens is 284 g/mol. The molecule has 0 aromatic rings. The molecule has 23 heavy (non-hydrogen) atoms. The Morgan fingerprint density at radius 1 is 0.870 bits per heavy atom. The van der Waals surface area contributed by atoms with E-state index in [2.05, 4.69) is 20.9 Å². The zero-order valence-corrected chi connectivity index (χ0v) is 14.7. The van der Waals surface area contributed by atoms with Crippen molar-refractivity contribution >= 4 is 0 Å². The molecule has 0 amide bonds. The predicted octanol–water partition coefficient (Wildman–Crippen LogP) is 2.20. The van der Waals surface area contributed by atoms with Gasteiger partial charge in [-0.3, -0.25) is 10.2 Å². The van der Waals surface area contributed by atoms with Crippen LogP contribution in [0.25, 0.3) is 0 Å². The highest BCUT2D eigenvalue weighted by Crippen LogP contribution is 2.33. The van der Waals surface area contributed by atoms with Crippen molar-refractivity contribution in [1.82, 2.24) is 20.9 Å². The highest BCUT2D eigenvalue weighted by molar-refractivity contribution is 5.00. The molecule has 0 aromatic heterocycles. The topological polar surface area (TPSA) is 39.3 Å². The van der Waals surface area contributed by atoms with Gasteiger partial charge in [-0.15, -0.1) is 0 Å². The lowest BCUT2D eigenvalue weighted by atomic mass is 9.85. The second-order valence-corrected chi connectivity index (χ2v) is 8.41. The van der Waals surface area contributed by atoms with Gasteiger partial charge in [0.15, 0.2) is 0 Å². The van der Waals surface area contributed by atoms with E-state index in [9.17, 15) is 0 Å². The molecule has 4 nitrogen and oxygen atoms in total. The van der Waals surface area contributed by atoms with Crippen molar-refractivity contribution in [3.05, 3.63) is 0 Å². The van der Waals surface area contributed by atoms with Gasteiger partial charge in [0, 0.05) is 43.4 Å². The Balaban J connectivity index is 1.24. The number of fused-ring (bicyclic) bond motifs is 1. The maximum atomic E-state index is 3.88. The van der Waals surface area contributed by atoms with Gasteiger partial charge in [0.05, 0.1) is 0 Å². The fourth-order valence-electron chi connectivity index (χ4n) is 5.52. The normalized spacial score (nSPS) is 40.2. The van der Waals surface area contributed by atoms with Crippen molar-refractivity contribution in [3.8, 4) is 0 Å². The lowest BCUT2D eigenvalue weighted by Crippen LogP contribution is -2.51. The number of hydrogen-bond donors (Lipinski definition) is 3. The molecule has 4 fully saturated rings. The van der Waals surface area contributed by atoms with Gasteiger partial charge < -0.3 is 10.6 Å². The van der Waals surface area contributed by atoms with Crippen molar-refractivity contribution in [3.63, 3.8) is 0 Å². The van der Waals surface area contributed by atoms with Crippen molar-refractivity contribution in [2.45, 2.75) is 101 Å². The molecule has 0 spiro atoms. The summed E-state index contributed by atoms with van der Waals surface area (Å²) in [7, 11) is 0. The maximum absolute atomic E-state index is 3.88. The quantitative estimate of drug-likeness (QED) is 0.743. The van der Waals surface area contributed by atoms with Crippen LogP contribution in [0.15, 0.2) is 0 Å². The maximum Gasteiger partial charge on any atom is 0.0489 e. The Kier molecular flexibility index (Phi) is 5.54. The minimum atomic E-state index is 0.719. The van der Waals surface area contributed by atoms with Gasteiger partial charge >= 0.3 is 0 Å². The first-order valence-corrected chi connectivity index (χ1v) is 10.4. The summed E-state index contributed by atoms with van der Waals surface area (Å²) in [6, 6.07) is 3.89. The molecule has 2 saturated carbocycles. The third-order valence-corrected chi connectivity index (χ3v) is 6.88. The fraction of sp³-hybridized carbons (Fsp3) is 1.00. The Morgan fingerprint density at radius 2 is 1.74 bits per heavy atom. The molecule has 2 aliphatic carbocycles. The van der Waals surface area contributed by atoms with Crippen molar-refractivity contribution < 1.29 is 0 Å². The molecule has 132 valence electrons. The molecule has 4 unspecified atom stereocenters. The molecule has 0 radical (unpaired) electrons. The molecule has 4 rings (SSSR count). The molecule has 2 heterocycles. The first-order chi connectivity index (χ1) is 11.4. The summed E-state index contributed by atoms with van der Waals surface area (Å²) in [4.78, 5) is 2.84. The first-order valence-electron chi connectivity index (χ1n) is 10.4. The van der Waals surface area contributed by atoms with Crippen LogP contribution in [0.4, 0.5) is 0 Å². The number of hydrogen-bond acceptors (Lipinski definition) is 4. The summed E-state index contributed by atoms with van der Waals surface area (Å²) in [5.74, 6) is 0. The van der Waals surface area contributed by atoms with E-state index in [1.54, 1.807) is 0 Å². The third kappa shape index (κ3) is 3.92. The van der Waals surface area contributed by atoms with E-state index in [-0.39, 0.29) is 0 Å². The van der Waals surface area contributed by atoms with Crippen LogP contribution in [0.2, 0.25) is 0 Å². The SMILES string of the molecule is C1CCC(N2CNC3CC(NCC4CCCCN4)CCC32)CC1. The van der Waals surface area contributed by atoms with Gasteiger partial charge in [-0.2, -0.15) is 0 Å². The van der Waals surface area contributed by atoms with E-state index in [4.69, 9.17) is 0 Å². The van der Waals surface area contributed by atoms with Crippen LogP contribution in [0, 0.1) is 0 Å². The van der Waals surface area contributed by atoms with E-state index in [1.165, 1.54) is 83.7 Å². The van der Waals surface area contributed by atoms with Crippen molar-refractivity contribution in [2.24, 2.45) is 0 Å². The minimum absolute atomic E-state index is 0.719. The molecule has 4 heteroatoms. The monoisotopic (exact) mass is 320 g/mol. The average molecular weight is 321 g/mol. The van der Waals surface area contributed by atoms with Gasteiger partial charge in [0.1, 0.15) is 0 Å². The summed E-state index contributed by atoms with van der Waals surface area (Å²) >= 11 is 0. The number of piperidine rings is 1. The molecule has 2 saturated heterocycles. The molecule has 4 aliphatic rings. The first kappa shape index (κ1) is 16.3. The van der Waals surface area contributed by atoms with Crippen LogP contribution < -0.4 is 16.0 Å². The highest BCUT2D eigenvalue weighted by atomic mass is 15.3. The lowest BCUT2D eigenvalue weighted by molar-refractivity contribution is 0.113. The summed E-state index contributed by atoms with van der Waals surface area (Å²) in [5, 5.41) is 11.4. The fourth-order valence-corrected chi connectivity index (χ4v) is 5.52. The summed E-state index contributed by atoms with van der Waals surface area (Å²) in [6.45, 7) is 3.55. The smallest absolute Gasteiger partial charge is 0.0489 e. The molecule has 2 aliphatic heterocycles. The third-order valence-electron chi connectivity index (χ3n) is 6.88. The zero-order chi connectivity index (χ0) is 15.5. The van der Waals surface area contributed by atoms with Gasteiger partial charge in [-0.05, 0) is 51.5 Å².